The van der Waals surface area contributed by atoms with Gasteiger partial charge in [0, 0.05) is 11.8 Å². The van der Waals surface area contributed by atoms with Crippen molar-refractivity contribution >= 4 is 24.2 Å². The number of urea groups is 1. The maximum Gasteiger partial charge on any atom is 0.346 e. The molecule has 0 radical (unpaired) electrons. The van der Waals surface area contributed by atoms with E-state index in [1.54, 1.807) is 57.6 Å². The Morgan fingerprint density at radius 2 is 1.75 bits per heavy atom. The van der Waals surface area contributed by atoms with Crippen LogP contribution in [0.1, 0.15) is 18.1 Å². The Labute approximate surface area is 163 Å². The summed E-state index contributed by atoms with van der Waals surface area (Å²) in [5.41, 5.74) is 0.318. The van der Waals surface area contributed by atoms with Crippen LogP contribution in [-0.4, -0.2) is 37.4 Å². The van der Waals surface area contributed by atoms with E-state index in [9.17, 15) is 9.59 Å². The zero-order chi connectivity index (χ0) is 20.1. The molecule has 0 aliphatic carbocycles. The number of benzene rings is 2. The molecule has 2 aromatic rings. The van der Waals surface area contributed by atoms with Crippen molar-refractivity contribution in [1.82, 2.24) is 10.3 Å². The molecule has 7 nitrogen and oxygen atoms in total. The third-order valence-electron chi connectivity index (χ3n) is 4.52. The van der Waals surface area contributed by atoms with Gasteiger partial charge in [0.2, 0.25) is 0 Å². The van der Waals surface area contributed by atoms with Gasteiger partial charge in [-0.15, -0.1) is 5.01 Å². The summed E-state index contributed by atoms with van der Waals surface area (Å²) in [5.74, 6) is 0.930. The molecule has 1 heterocycles. The third kappa shape index (κ3) is 3.59. The number of imide groups is 1. The second-order valence-corrected chi connectivity index (χ2v) is 6.27. The van der Waals surface area contributed by atoms with Gasteiger partial charge < -0.3 is 14.8 Å². The molecule has 0 aromatic heterocycles. The second-order valence-electron chi connectivity index (χ2n) is 6.27. The fraction of sp³-hybridized carbons (Fsp3) is 0.190. The number of para-hydroxylation sites is 1. The fourth-order valence-electron chi connectivity index (χ4n) is 2.91. The fourth-order valence-corrected chi connectivity index (χ4v) is 2.91. The summed E-state index contributed by atoms with van der Waals surface area (Å²) in [5, 5.41) is 7.53. The molecule has 28 heavy (non-hydrogen) atoms. The van der Waals surface area contributed by atoms with Crippen molar-refractivity contribution in [1.29, 1.82) is 0 Å². The molecule has 7 heteroatoms. The number of ether oxygens (including phenoxy) is 2. The summed E-state index contributed by atoms with van der Waals surface area (Å²) in [6.07, 6.45) is 4.81. The van der Waals surface area contributed by atoms with Gasteiger partial charge in [0.1, 0.15) is 17.0 Å². The lowest BCUT2D eigenvalue weighted by Gasteiger charge is -2.21. The molecule has 1 aliphatic heterocycles. The molecule has 1 saturated heterocycles. The zero-order valence-corrected chi connectivity index (χ0v) is 15.9. The predicted molar refractivity (Wildman–Crippen MR) is 106 cm³/mol. The average Bonchev–Trinajstić information content (AvgIpc) is 2.95. The molecule has 0 unspecified atom stereocenters. The Balaban J connectivity index is 1.76. The minimum atomic E-state index is -1.19. The number of hydrazone groups is 1. The topological polar surface area (TPSA) is 80.2 Å². The van der Waals surface area contributed by atoms with Gasteiger partial charge in [-0.1, -0.05) is 30.3 Å². The minimum absolute atomic E-state index is 0.454. The Bertz CT molecular complexity index is 937. The van der Waals surface area contributed by atoms with Crippen molar-refractivity contribution in [2.24, 2.45) is 5.10 Å². The molecular weight excluding hydrogens is 358 g/mol. The van der Waals surface area contributed by atoms with Crippen molar-refractivity contribution in [3.05, 3.63) is 65.7 Å². The quantitative estimate of drug-likeness (QED) is 0.618. The number of rotatable bonds is 6. The molecule has 1 N–H and O–H groups in total. The number of methoxy groups -OCH3 is 2. The third-order valence-corrected chi connectivity index (χ3v) is 4.52. The summed E-state index contributed by atoms with van der Waals surface area (Å²) >= 11 is 0. The highest BCUT2D eigenvalue weighted by molar-refractivity contribution is 6.07. The summed E-state index contributed by atoms with van der Waals surface area (Å²) in [6, 6.07) is 13.9. The summed E-state index contributed by atoms with van der Waals surface area (Å²) in [6.45, 7) is 1.65. The number of amides is 3. The molecule has 0 saturated carbocycles. The van der Waals surface area contributed by atoms with Crippen molar-refractivity contribution < 1.29 is 19.1 Å². The lowest BCUT2D eigenvalue weighted by molar-refractivity contribution is -0.131. The van der Waals surface area contributed by atoms with Gasteiger partial charge in [-0.3, -0.25) is 4.79 Å². The molecule has 1 fully saturated rings. The van der Waals surface area contributed by atoms with Gasteiger partial charge in [0.05, 0.1) is 14.2 Å². The Kier molecular flexibility index (Phi) is 5.44. The van der Waals surface area contributed by atoms with Gasteiger partial charge >= 0.3 is 6.03 Å². The predicted octanol–water partition coefficient (Wildman–Crippen LogP) is 3.17. The first-order valence-corrected chi connectivity index (χ1v) is 8.64. The van der Waals surface area contributed by atoms with Crippen molar-refractivity contribution in [3.63, 3.8) is 0 Å². The maximum absolute atomic E-state index is 12.8. The Hall–Kier alpha value is -3.61. The highest BCUT2D eigenvalue weighted by Gasteiger charge is 2.49. The van der Waals surface area contributed by atoms with Crippen LogP contribution in [0.2, 0.25) is 0 Å². The van der Waals surface area contributed by atoms with E-state index in [2.05, 4.69) is 10.4 Å². The van der Waals surface area contributed by atoms with Crippen LogP contribution in [0.3, 0.4) is 0 Å². The monoisotopic (exact) mass is 379 g/mol. The molecule has 2 aromatic carbocycles. The van der Waals surface area contributed by atoms with Crippen molar-refractivity contribution in [2.75, 3.05) is 14.2 Å². The first-order valence-electron chi connectivity index (χ1n) is 8.64. The number of nitrogens with zero attached hydrogens (tertiary/aromatic N) is 2. The summed E-state index contributed by atoms with van der Waals surface area (Å²) < 4.78 is 10.4. The van der Waals surface area contributed by atoms with Gasteiger partial charge in [-0.25, -0.2) is 4.79 Å². The van der Waals surface area contributed by atoms with E-state index < -0.39 is 17.5 Å². The number of allylic oxidation sites excluding steroid dienone is 1. The van der Waals surface area contributed by atoms with Gasteiger partial charge in [0.25, 0.3) is 5.91 Å². The standard InChI is InChI=1S/C21H21N3O4/c1-21(16-10-12-17(27-2)13-11-16)19(25)24(20(26)23-21)22-14-6-8-15-7-4-5-9-18(15)28-3/h4-14H,1-3H3,(H,23,26)/b8-6+,22-14-/t21-/m1/s1. The average molecular weight is 379 g/mol. The van der Waals surface area contributed by atoms with Crippen LogP contribution in [0.15, 0.2) is 59.7 Å². The van der Waals surface area contributed by atoms with Gasteiger partial charge in [0.15, 0.2) is 0 Å². The number of carbonyl (C=O) groups excluding carboxylic acids is 2. The lowest BCUT2D eigenvalue weighted by Crippen LogP contribution is -2.40. The number of carbonyl (C=O) groups is 2. The number of hydrogen-bond donors (Lipinski definition) is 1. The summed E-state index contributed by atoms with van der Waals surface area (Å²) in [7, 11) is 3.15. The van der Waals surface area contributed by atoms with Crippen molar-refractivity contribution in [2.45, 2.75) is 12.5 Å². The molecule has 0 spiro atoms. The molecule has 3 amide bonds. The van der Waals surface area contributed by atoms with Crippen LogP contribution in [0, 0.1) is 0 Å². The van der Waals surface area contributed by atoms with Crippen molar-refractivity contribution in [3.8, 4) is 11.5 Å². The molecular formula is C21H21N3O4. The van der Waals surface area contributed by atoms with Crippen LogP contribution in [0.4, 0.5) is 4.79 Å². The highest BCUT2D eigenvalue weighted by atomic mass is 16.5. The molecule has 0 bridgehead atoms. The molecule has 1 atom stereocenters. The van der Waals surface area contributed by atoms with E-state index >= 15 is 0 Å². The SMILES string of the molecule is COc1ccc([C@@]2(C)NC(=O)N(/N=C\C=C\c3ccccc3OC)C2=O)cc1. The molecule has 144 valence electrons. The first-order chi connectivity index (χ1) is 13.5. The Morgan fingerprint density at radius 3 is 2.43 bits per heavy atom. The van der Waals surface area contributed by atoms with E-state index in [0.29, 0.717) is 17.1 Å². The molecule has 3 rings (SSSR count). The second kappa shape index (κ2) is 7.96. The highest BCUT2D eigenvalue weighted by Crippen LogP contribution is 2.30. The zero-order valence-electron chi connectivity index (χ0n) is 15.9. The normalized spacial score (nSPS) is 19.5. The minimum Gasteiger partial charge on any atom is -0.497 e. The maximum atomic E-state index is 12.8. The van der Waals surface area contributed by atoms with Gasteiger partial charge in [-0.2, -0.15) is 5.10 Å². The van der Waals surface area contributed by atoms with Crippen LogP contribution in [0.25, 0.3) is 6.08 Å². The van der Waals surface area contributed by atoms with Crippen LogP contribution < -0.4 is 14.8 Å². The summed E-state index contributed by atoms with van der Waals surface area (Å²) in [4.78, 5) is 25.1. The Morgan fingerprint density at radius 1 is 1.04 bits per heavy atom. The van der Waals surface area contributed by atoms with Crippen LogP contribution in [0.5, 0.6) is 11.5 Å². The molecule has 1 aliphatic rings. The van der Waals surface area contributed by atoms with E-state index in [0.717, 1.165) is 10.6 Å². The van der Waals surface area contributed by atoms with E-state index in [1.807, 2.05) is 24.3 Å². The van der Waals surface area contributed by atoms with Gasteiger partial charge in [-0.05, 0) is 42.8 Å². The largest absolute Gasteiger partial charge is 0.497 e. The van der Waals surface area contributed by atoms with Crippen LogP contribution >= 0.6 is 0 Å². The smallest absolute Gasteiger partial charge is 0.346 e. The van der Waals surface area contributed by atoms with E-state index in [4.69, 9.17) is 9.47 Å². The van der Waals surface area contributed by atoms with E-state index in [-0.39, 0.29) is 0 Å². The lowest BCUT2D eigenvalue weighted by atomic mass is 9.92. The van der Waals surface area contributed by atoms with Crippen LogP contribution in [-0.2, 0) is 10.3 Å². The number of hydrogen-bond acceptors (Lipinski definition) is 5. The number of nitrogens with one attached hydrogen (secondary N) is 1. The van der Waals surface area contributed by atoms with E-state index in [1.165, 1.54) is 6.21 Å². The first kappa shape index (κ1) is 19.2.